The normalized spacial score (nSPS) is 28.8. The number of hydrogen-bond donors (Lipinski definition) is 1. The molecule has 1 aliphatic heterocycles. The van der Waals surface area contributed by atoms with E-state index < -0.39 is 5.60 Å². The molecule has 1 nitrogen and oxygen atoms in total. The molecule has 0 radical (unpaired) electrons. The summed E-state index contributed by atoms with van der Waals surface area (Å²) < 4.78 is 0. The average Bonchev–Trinajstić information content (AvgIpc) is 2.28. The van der Waals surface area contributed by atoms with E-state index in [0.29, 0.717) is 22.4 Å². The zero-order valence-electron chi connectivity index (χ0n) is 10.0. The summed E-state index contributed by atoms with van der Waals surface area (Å²) in [4.78, 5) is 0. The van der Waals surface area contributed by atoms with E-state index in [4.69, 9.17) is 23.2 Å². The van der Waals surface area contributed by atoms with Crippen molar-refractivity contribution >= 4 is 30.5 Å². The van der Waals surface area contributed by atoms with Gasteiger partial charge in [-0.05, 0) is 30.0 Å². The third-order valence-corrected chi connectivity index (χ3v) is 4.65. The maximum absolute atomic E-state index is 10.7. The second-order valence-electron chi connectivity index (χ2n) is 5.18. The first-order chi connectivity index (χ1) is 8.01. The van der Waals surface area contributed by atoms with Crippen LogP contribution in [0.15, 0.2) is 18.2 Å². The van der Waals surface area contributed by atoms with Crippen LogP contribution >= 0.6 is 23.2 Å². The first-order valence-corrected chi connectivity index (χ1v) is 6.93. The van der Waals surface area contributed by atoms with Crippen LogP contribution in [0.1, 0.15) is 18.9 Å². The van der Waals surface area contributed by atoms with Crippen LogP contribution in [0.5, 0.6) is 0 Å². The molecule has 1 aromatic rings. The van der Waals surface area contributed by atoms with Gasteiger partial charge in [0, 0.05) is 6.42 Å². The fraction of sp³-hybridized carbons (Fsp3) is 0.538. The molecule has 4 heteroatoms. The van der Waals surface area contributed by atoms with Gasteiger partial charge in [-0.15, -0.1) is 0 Å². The highest BCUT2D eigenvalue weighted by Crippen LogP contribution is 2.35. The molecule has 0 saturated carbocycles. The predicted octanol–water partition coefficient (Wildman–Crippen LogP) is 3.58. The summed E-state index contributed by atoms with van der Waals surface area (Å²) in [7, 11) is 1.23. The monoisotopic (exact) mass is 270 g/mol. The maximum Gasteiger partial charge on any atom is 0.121 e. The summed E-state index contributed by atoms with van der Waals surface area (Å²) in [5, 5.41) is 11.8. The third-order valence-electron chi connectivity index (χ3n) is 3.91. The second kappa shape index (κ2) is 5.21. The zero-order valence-corrected chi connectivity index (χ0v) is 11.6. The van der Waals surface area contributed by atoms with E-state index in [-0.39, 0.29) is 0 Å². The van der Waals surface area contributed by atoms with E-state index in [0.717, 1.165) is 24.6 Å². The minimum Gasteiger partial charge on any atom is -0.389 e. The summed E-state index contributed by atoms with van der Waals surface area (Å²) in [5.74, 6) is 0.353. The quantitative estimate of drug-likeness (QED) is 0.815. The molecule has 2 unspecified atom stereocenters. The van der Waals surface area contributed by atoms with Crippen molar-refractivity contribution in [2.45, 2.75) is 38.0 Å². The minimum atomic E-state index is -0.574. The van der Waals surface area contributed by atoms with Crippen molar-refractivity contribution in [3.63, 3.8) is 0 Å². The Morgan fingerprint density at radius 1 is 1.41 bits per heavy atom. The summed E-state index contributed by atoms with van der Waals surface area (Å²) in [6.07, 6.45) is 3.78. The highest BCUT2D eigenvalue weighted by atomic mass is 35.5. The molecule has 2 rings (SSSR count). The van der Waals surface area contributed by atoms with Crippen LogP contribution in [0, 0.1) is 5.92 Å². The van der Waals surface area contributed by atoms with Crippen LogP contribution in [0.2, 0.25) is 22.7 Å². The van der Waals surface area contributed by atoms with Crippen LogP contribution in [0.4, 0.5) is 0 Å². The van der Waals surface area contributed by atoms with E-state index in [9.17, 15) is 5.11 Å². The molecular formula is C13H17BCl2O. The minimum absolute atomic E-state index is 0.353. The van der Waals surface area contributed by atoms with Gasteiger partial charge in [0.15, 0.2) is 0 Å². The van der Waals surface area contributed by atoms with Gasteiger partial charge in [-0.3, -0.25) is 0 Å². The Morgan fingerprint density at radius 3 is 2.82 bits per heavy atom. The van der Waals surface area contributed by atoms with Gasteiger partial charge in [-0.2, -0.15) is 0 Å². The average molecular weight is 271 g/mol. The smallest absolute Gasteiger partial charge is 0.121 e. The van der Waals surface area contributed by atoms with Gasteiger partial charge < -0.3 is 5.11 Å². The maximum atomic E-state index is 10.7. The predicted molar refractivity (Wildman–Crippen MR) is 75.7 cm³/mol. The lowest BCUT2D eigenvalue weighted by Gasteiger charge is -2.38. The molecule has 92 valence electrons. The standard InChI is InChI=1S/C13H17BCl2O/c1-9-8-14-5-4-13(9,17)7-10-2-3-11(15)12(16)6-10/h2-3,6,9,14,17H,4-5,7-8H2,1H3. The van der Waals surface area contributed by atoms with E-state index >= 15 is 0 Å². The van der Waals surface area contributed by atoms with Crippen LogP contribution in [0.25, 0.3) is 0 Å². The Hall–Kier alpha value is -0.175. The molecule has 1 aromatic carbocycles. The number of rotatable bonds is 2. The van der Waals surface area contributed by atoms with Crippen molar-refractivity contribution in [2.24, 2.45) is 5.92 Å². The fourth-order valence-corrected chi connectivity index (χ4v) is 2.98. The molecule has 0 aliphatic carbocycles. The van der Waals surface area contributed by atoms with Gasteiger partial charge >= 0.3 is 0 Å². The van der Waals surface area contributed by atoms with Gasteiger partial charge in [0.25, 0.3) is 0 Å². The van der Waals surface area contributed by atoms with Gasteiger partial charge in [0.2, 0.25) is 0 Å². The Labute approximate surface area is 113 Å². The zero-order chi connectivity index (χ0) is 12.5. The van der Waals surface area contributed by atoms with Gasteiger partial charge in [0.05, 0.1) is 15.6 Å². The van der Waals surface area contributed by atoms with E-state index in [2.05, 4.69) is 6.92 Å². The van der Waals surface area contributed by atoms with Crippen molar-refractivity contribution in [1.29, 1.82) is 0 Å². The summed E-state index contributed by atoms with van der Waals surface area (Å²) in [6, 6.07) is 5.62. The second-order valence-corrected chi connectivity index (χ2v) is 5.99. The van der Waals surface area contributed by atoms with Crippen molar-refractivity contribution < 1.29 is 5.11 Å². The SMILES string of the molecule is CC1CBCCC1(O)Cc1ccc(Cl)c(Cl)c1. The molecule has 17 heavy (non-hydrogen) atoms. The Bertz CT molecular complexity index is 410. The number of halogens is 2. The lowest BCUT2D eigenvalue weighted by molar-refractivity contribution is -0.0127. The molecule has 1 saturated heterocycles. The molecule has 2 atom stereocenters. The lowest BCUT2D eigenvalue weighted by atomic mass is 9.55. The van der Waals surface area contributed by atoms with Crippen molar-refractivity contribution in [2.75, 3.05) is 0 Å². The van der Waals surface area contributed by atoms with Crippen molar-refractivity contribution in [1.82, 2.24) is 0 Å². The number of hydrogen-bond acceptors (Lipinski definition) is 1. The van der Waals surface area contributed by atoms with Gasteiger partial charge in [-0.1, -0.05) is 48.8 Å². The van der Waals surface area contributed by atoms with E-state index in [1.54, 1.807) is 6.07 Å². The van der Waals surface area contributed by atoms with Crippen LogP contribution in [-0.4, -0.2) is 18.0 Å². The first kappa shape index (κ1) is 13.3. The molecule has 1 N–H and O–H groups in total. The Morgan fingerprint density at radius 2 is 2.18 bits per heavy atom. The third kappa shape index (κ3) is 2.99. The molecule has 0 bridgehead atoms. The van der Waals surface area contributed by atoms with Crippen LogP contribution in [-0.2, 0) is 6.42 Å². The Balaban J connectivity index is 2.16. The largest absolute Gasteiger partial charge is 0.389 e. The molecular weight excluding hydrogens is 254 g/mol. The summed E-state index contributed by atoms with van der Waals surface area (Å²) in [5.41, 5.74) is 0.491. The molecule has 1 aliphatic rings. The van der Waals surface area contributed by atoms with Crippen LogP contribution in [0.3, 0.4) is 0 Å². The van der Waals surface area contributed by atoms with Crippen LogP contribution < -0.4 is 0 Å². The number of benzene rings is 1. The van der Waals surface area contributed by atoms with Crippen molar-refractivity contribution in [3.05, 3.63) is 33.8 Å². The molecule has 0 spiro atoms. The van der Waals surface area contributed by atoms with Crippen molar-refractivity contribution in [3.8, 4) is 0 Å². The fourth-order valence-electron chi connectivity index (χ4n) is 2.66. The first-order valence-electron chi connectivity index (χ1n) is 6.17. The van der Waals surface area contributed by atoms with Gasteiger partial charge in [-0.25, -0.2) is 0 Å². The lowest BCUT2D eigenvalue weighted by Crippen LogP contribution is -2.42. The van der Waals surface area contributed by atoms with Gasteiger partial charge in [0.1, 0.15) is 7.28 Å². The molecule has 0 aromatic heterocycles. The summed E-state index contributed by atoms with van der Waals surface area (Å²) >= 11 is 11.9. The number of aliphatic hydroxyl groups is 1. The van der Waals surface area contributed by atoms with E-state index in [1.165, 1.54) is 7.28 Å². The highest BCUT2D eigenvalue weighted by Gasteiger charge is 2.36. The molecule has 1 heterocycles. The molecule has 1 fully saturated rings. The molecule has 0 amide bonds. The highest BCUT2D eigenvalue weighted by molar-refractivity contribution is 6.42. The van der Waals surface area contributed by atoms with E-state index in [1.807, 2.05) is 12.1 Å². The topological polar surface area (TPSA) is 20.2 Å². The Kier molecular flexibility index (Phi) is 4.07. The summed E-state index contributed by atoms with van der Waals surface area (Å²) in [6.45, 7) is 2.14.